The zero-order valence-electron chi connectivity index (χ0n) is 17.8. The van der Waals surface area contributed by atoms with Crippen molar-refractivity contribution in [3.8, 4) is 0 Å². The Kier molecular flexibility index (Phi) is 7.80. The van der Waals surface area contributed by atoms with Crippen molar-refractivity contribution in [2.45, 2.75) is 77.9 Å². The predicted octanol–water partition coefficient (Wildman–Crippen LogP) is 3.32. The molecule has 0 aromatic rings. The number of piperidine rings is 1. The highest BCUT2D eigenvalue weighted by molar-refractivity contribution is 4.85. The Morgan fingerprint density at radius 2 is 1.35 bits per heavy atom. The lowest BCUT2D eigenvalue weighted by Gasteiger charge is -2.40. The highest BCUT2D eigenvalue weighted by atomic mass is 16.5. The minimum atomic E-state index is 0.716. The first kappa shape index (κ1) is 20.6. The Morgan fingerprint density at radius 1 is 0.731 bits per heavy atom. The summed E-state index contributed by atoms with van der Waals surface area (Å²) < 4.78 is 5.52. The fourth-order valence-electron chi connectivity index (χ4n) is 5.50. The summed E-state index contributed by atoms with van der Waals surface area (Å²) >= 11 is 0. The van der Waals surface area contributed by atoms with Gasteiger partial charge in [-0.2, -0.15) is 0 Å². The molecule has 4 heteroatoms. The second-order valence-electron chi connectivity index (χ2n) is 9.56. The van der Waals surface area contributed by atoms with Crippen LogP contribution in [0.4, 0.5) is 0 Å². The lowest BCUT2D eigenvalue weighted by atomic mass is 9.89. The van der Waals surface area contributed by atoms with Crippen LogP contribution in [0.3, 0.4) is 0 Å². The topological polar surface area (TPSA) is 19.0 Å². The third kappa shape index (κ3) is 5.67. The smallest absolute Gasteiger partial charge is 0.0594 e. The Bertz CT molecular complexity index is 410. The first-order chi connectivity index (χ1) is 12.5. The van der Waals surface area contributed by atoms with E-state index in [1.54, 1.807) is 0 Å². The van der Waals surface area contributed by atoms with Crippen molar-refractivity contribution < 1.29 is 4.74 Å². The highest BCUT2D eigenvalue weighted by Gasteiger charge is 2.30. The summed E-state index contributed by atoms with van der Waals surface area (Å²) in [7, 11) is 0. The van der Waals surface area contributed by atoms with E-state index in [4.69, 9.17) is 4.74 Å². The van der Waals surface area contributed by atoms with Gasteiger partial charge in [0, 0.05) is 44.3 Å². The van der Waals surface area contributed by atoms with Crippen molar-refractivity contribution in [1.29, 1.82) is 0 Å². The Morgan fingerprint density at radius 3 is 2.00 bits per heavy atom. The molecule has 0 aromatic carbocycles. The summed E-state index contributed by atoms with van der Waals surface area (Å²) in [5.74, 6) is 1.81. The number of hydrogen-bond acceptors (Lipinski definition) is 4. The molecular weight excluding hydrogens is 322 g/mol. The van der Waals surface area contributed by atoms with Crippen LogP contribution in [0, 0.1) is 11.8 Å². The minimum absolute atomic E-state index is 0.716. The number of nitrogens with zero attached hydrogens (tertiary/aromatic N) is 3. The maximum Gasteiger partial charge on any atom is 0.0594 e. The quantitative estimate of drug-likeness (QED) is 0.689. The molecule has 3 aliphatic heterocycles. The fraction of sp³-hybridized carbons (Fsp3) is 1.00. The van der Waals surface area contributed by atoms with Crippen molar-refractivity contribution in [2.24, 2.45) is 11.8 Å². The standard InChI is InChI=1S/C22H43N3O/c1-18(2)24-9-7-22(16-24)15-20(4)25-8-5-6-21(17-25)14-19(3)23-10-12-26-13-11-23/h18-22H,5-17H2,1-4H3. The second-order valence-corrected chi connectivity index (χ2v) is 9.56. The van der Waals surface area contributed by atoms with Gasteiger partial charge in [-0.05, 0) is 84.7 Å². The molecule has 4 atom stereocenters. The van der Waals surface area contributed by atoms with Crippen LogP contribution in [-0.4, -0.2) is 85.3 Å². The fourth-order valence-corrected chi connectivity index (χ4v) is 5.50. The number of rotatable bonds is 7. The maximum absolute atomic E-state index is 5.52. The van der Waals surface area contributed by atoms with E-state index in [9.17, 15) is 0 Å². The number of hydrogen-bond donors (Lipinski definition) is 0. The van der Waals surface area contributed by atoms with Crippen LogP contribution in [-0.2, 0) is 4.74 Å². The van der Waals surface area contributed by atoms with E-state index in [0.717, 1.165) is 50.2 Å². The van der Waals surface area contributed by atoms with Crippen molar-refractivity contribution in [1.82, 2.24) is 14.7 Å². The summed E-state index contributed by atoms with van der Waals surface area (Å²) in [5, 5.41) is 0. The minimum Gasteiger partial charge on any atom is -0.379 e. The molecule has 0 N–H and O–H groups in total. The molecule has 0 saturated carbocycles. The van der Waals surface area contributed by atoms with E-state index in [0.29, 0.717) is 6.04 Å². The molecule has 152 valence electrons. The molecule has 26 heavy (non-hydrogen) atoms. The van der Waals surface area contributed by atoms with Crippen molar-refractivity contribution in [2.75, 3.05) is 52.5 Å². The molecular formula is C22H43N3O. The lowest BCUT2D eigenvalue weighted by Crippen LogP contribution is -2.46. The van der Waals surface area contributed by atoms with Gasteiger partial charge in [-0.1, -0.05) is 0 Å². The van der Waals surface area contributed by atoms with E-state index in [1.807, 2.05) is 0 Å². The maximum atomic E-state index is 5.52. The average Bonchev–Trinajstić information content (AvgIpc) is 3.11. The van der Waals surface area contributed by atoms with E-state index >= 15 is 0 Å². The molecule has 0 radical (unpaired) electrons. The predicted molar refractivity (Wildman–Crippen MR) is 110 cm³/mol. The molecule has 3 fully saturated rings. The summed E-state index contributed by atoms with van der Waals surface area (Å²) in [6, 6.07) is 2.19. The van der Waals surface area contributed by atoms with Crippen LogP contribution in [0.1, 0.15) is 59.8 Å². The molecule has 4 nitrogen and oxygen atoms in total. The second kappa shape index (κ2) is 9.86. The molecule has 0 aliphatic carbocycles. The SMILES string of the molecule is CC(C)N1CCC(CC(C)N2CCCC(CC(C)N3CCOCC3)C2)C1. The van der Waals surface area contributed by atoms with Crippen molar-refractivity contribution >= 4 is 0 Å². The van der Waals surface area contributed by atoms with E-state index in [-0.39, 0.29) is 0 Å². The Labute approximate surface area is 162 Å². The van der Waals surface area contributed by atoms with Crippen LogP contribution < -0.4 is 0 Å². The molecule has 3 aliphatic rings. The van der Waals surface area contributed by atoms with Crippen LogP contribution in [0.2, 0.25) is 0 Å². The van der Waals surface area contributed by atoms with E-state index in [2.05, 4.69) is 42.4 Å². The molecule has 3 heterocycles. The van der Waals surface area contributed by atoms with Gasteiger partial charge < -0.3 is 14.5 Å². The summed E-state index contributed by atoms with van der Waals surface area (Å²) in [4.78, 5) is 8.13. The summed E-state index contributed by atoms with van der Waals surface area (Å²) in [5.41, 5.74) is 0. The third-order valence-corrected chi connectivity index (χ3v) is 7.24. The molecule has 3 rings (SSSR count). The Balaban J connectivity index is 1.42. The van der Waals surface area contributed by atoms with E-state index in [1.165, 1.54) is 58.3 Å². The lowest BCUT2D eigenvalue weighted by molar-refractivity contribution is 0.0105. The van der Waals surface area contributed by atoms with Gasteiger partial charge in [0.2, 0.25) is 0 Å². The first-order valence-corrected chi connectivity index (χ1v) is 11.3. The van der Waals surface area contributed by atoms with Gasteiger partial charge in [-0.3, -0.25) is 4.90 Å². The van der Waals surface area contributed by atoms with Gasteiger partial charge in [0.05, 0.1) is 13.2 Å². The van der Waals surface area contributed by atoms with Gasteiger partial charge in [-0.25, -0.2) is 0 Å². The molecule has 0 amide bonds. The van der Waals surface area contributed by atoms with Gasteiger partial charge in [-0.15, -0.1) is 0 Å². The van der Waals surface area contributed by atoms with Crippen LogP contribution in [0.15, 0.2) is 0 Å². The van der Waals surface area contributed by atoms with Gasteiger partial charge in [0.1, 0.15) is 0 Å². The number of likely N-dealkylation sites (tertiary alicyclic amines) is 2. The third-order valence-electron chi connectivity index (χ3n) is 7.24. The average molecular weight is 366 g/mol. The summed E-state index contributed by atoms with van der Waals surface area (Å²) in [6.45, 7) is 19.0. The normalized spacial score (nSPS) is 32.2. The number of morpholine rings is 1. The zero-order valence-corrected chi connectivity index (χ0v) is 17.8. The van der Waals surface area contributed by atoms with Gasteiger partial charge in [0.15, 0.2) is 0 Å². The molecule has 0 spiro atoms. The Hall–Kier alpha value is -0.160. The monoisotopic (exact) mass is 365 g/mol. The van der Waals surface area contributed by atoms with Crippen LogP contribution in [0.25, 0.3) is 0 Å². The summed E-state index contributed by atoms with van der Waals surface area (Å²) in [6.07, 6.45) is 7.01. The van der Waals surface area contributed by atoms with Crippen molar-refractivity contribution in [3.05, 3.63) is 0 Å². The molecule has 4 unspecified atom stereocenters. The van der Waals surface area contributed by atoms with Crippen LogP contribution >= 0.6 is 0 Å². The van der Waals surface area contributed by atoms with Crippen LogP contribution in [0.5, 0.6) is 0 Å². The number of ether oxygens (including phenoxy) is 1. The van der Waals surface area contributed by atoms with Crippen molar-refractivity contribution in [3.63, 3.8) is 0 Å². The van der Waals surface area contributed by atoms with E-state index < -0.39 is 0 Å². The zero-order chi connectivity index (χ0) is 18.5. The molecule has 3 saturated heterocycles. The highest BCUT2D eigenvalue weighted by Crippen LogP contribution is 2.28. The largest absolute Gasteiger partial charge is 0.379 e. The molecule has 0 aromatic heterocycles. The molecule has 0 bridgehead atoms. The van der Waals surface area contributed by atoms with Gasteiger partial charge >= 0.3 is 0 Å². The van der Waals surface area contributed by atoms with Gasteiger partial charge in [0.25, 0.3) is 0 Å². The first-order valence-electron chi connectivity index (χ1n) is 11.3.